The lowest BCUT2D eigenvalue weighted by Gasteiger charge is -2.04. The molecular formula is C17H18N6O5. The van der Waals surface area contributed by atoms with Gasteiger partial charge in [0.05, 0.1) is 31.5 Å². The van der Waals surface area contributed by atoms with Crippen LogP contribution in [-0.4, -0.2) is 42.5 Å². The maximum absolute atomic E-state index is 12.4. The van der Waals surface area contributed by atoms with Crippen LogP contribution in [0.5, 0.6) is 0 Å². The lowest BCUT2D eigenvalue weighted by Crippen LogP contribution is -2.25. The van der Waals surface area contributed by atoms with Gasteiger partial charge in [0.1, 0.15) is 5.76 Å². The Morgan fingerprint density at radius 2 is 2.04 bits per heavy atom. The van der Waals surface area contributed by atoms with Crippen molar-refractivity contribution >= 4 is 23.5 Å². The topological polar surface area (TPSA) is 144 Å². The highest BCUT2D eigenvalue weighted by atomic mass is 16.4. The molecule has 3 aromatic heterocycles. The number of nitrogens with zero attached hydrogens (tertiary/aromatic N) is 4. The predicted molar refractivity (Wildman–Crippen MR) is 95.5 cm³/mol. The number of hydrogen-bond acceptors (Lipinski definition) is 6. The van der Waals surface area contributed by atoms with Crippen molar-refractivity contribution in [3.8, 4) is 0 Å². The Kier molecular flexibility index (Phi) is 5.53. The standard InChI is InChI=1S/C17H18N6O5/c1-22-10-13(15(21-22)17(27)18-9-11-3-2-8-28-11)19-16(26)12-4-6-23(20-12)7-5-14(24)25/h2-4,6,8,10H,5,7,9H2,1H3,(H,18,27)(H,19,26)(H,24,25). The Bertz CT molecular complexity index is 988. The van der Waals surface area contributed by atoms with Crippen LogP contribution in [0.15, 0.2) is 41.3 Å². The third-order valence-electron chi connectivity index (χ3n) is 3.72. The minimum absolute atomic E-state index is 0.0488. The first-order valence-corrected chi connectivity index (χ1v) is 8.33. The number of nitrogens with one attached hydrogen (secondary N) is 2. The highest BCUT2D eigenvalue weighted by Crippen LogP contribution is 2.15. The number of carbonyl (C=O) groups excluding carboxylic acids is 2. The lowest BCUT2D eigenvalue weighted by atomic mass is 10.3. The summed E-state index contributed by atoms with van der Waals surface area (Å²) in [5.74, 6) is -1.38. The van der Waals surface area contributed by atoms with Crippen molar-refractivity contribution in [2.45, 2.75) is 19.5 Å². The fourth-order valence-corrected chi connectivity index (χ4v) is 2.42. The Balaban J connectivity index is 1.66. The predicted octanol–water partition coefficient (Wildman–Crippen LogP) is 0.867. The molecule has 3 heterocycles. The summed E-state index contributed by atoms with van der Waals surface area (Å²) in [7, 11) is 1.62. The van der Waals surface area contributed by atoms with Crippen LogP contribution in [0.2, 0.25) is 0 Å². The summed E-state index contributed by atoms with van der Waals surface area (Å²) in [5.41, 5.74) is 0.369. The molecular weight excluding hydrogens is 368 g/mol. The van der Waals surface area contributed by atoms with E-state index in [1.807, 2.05) is 0 Å². The van der Waals surface area contributed by atoms with Crippen molar-refractivity contribution in [1.82, 2.24) is 24.9 Å². The fourth-order valence-electron chi connectivity index (χ4n) is 2.42. The van der Waals surface area contributed by atoms with Crippen LogP contribution in [0.3, 0.4) is 0 Å². The summed E-state index contributed by atoms with van der Waals surface area (Å²) in [6.45, 7) is 0.333. The van der Waals surface area contributed by atoms with Crippen LogP contribution >= 0.6 is 0 Å². The first kappa shape index (κ1) is 18.9. The number of hydrogen-bond donors (Lipinski definition) is 3. The third-order valence-corrected chi connectivity index (χ3v) is 3.72. The molecule has 11 nitrogen and oxygen atoms in total. The van der Waals surface area contributed by atoms with Crippen LogP contribution in [0.1, 0.15) is 33.2 Å². The Morgan fingerprint density at radius 1 is 1.21 bits per heavy atom. The van der Waals surface area contributed by atoms with Gasteiger partial charge in [0.25, 0.3) is 11.8 Å². The zero-order chi connectivity index (χ0) is 20.1. The molecule has 2 amide bonds. The molecule has 28 heavy (non-hydrogen) atoms. The van der Waals surface area contributed by atoms with Gasteiger partial charge in [-0.25, -0.2) is 0 Å². The fraction of sp³-hybridized carbons (Fsp3) is 0.235. The third kappa shape index (κ3) is 4.63. The van der Waals surface area contributed by atoms with Gasteiger partial charge in [-0.05, 0) is 18.2 Å². The van der Waals surface area contributed by atoms with E-state index < -0.39 is 17.8 Å². The van der Waals surface area contributed by atoms with E-state index in [0.717, 1.165) is 0 Å². The molecule has 0 aliphatic heterocycles. The number of aliphatic carboxylic acids is 1. The molecule has 0 spiro atoms. The van der Waals surface area contributed by atoms with E-state index in [4.69, 9.17) is 9.52 Å². The maximum atomic E-state index is 12.4. The van der Waals surface area contributed by atoms with Gasteiger partial charge in [-0.1, -0.05) is 0 Å². The van der Waals surface area contributed by atoms with Gasteiger partial charge < -0.3 is 20.2 Å². The Labute approximate surface area is 158 Å². The Hall–Kier alpha value is -3.89. The molecule has 3 aromatic rings. The molecule has 0 fully saturated rings. The van der Waals surface area contributed by atoms with Crippen LogP contribution in [0.4, 0.5) is 5.69 Å². The van der Waals surface area contributed by atoms with Gasteiger partial charge in [-0.2, -0.15) is 10.2 Å². The second kappa shape index (κ2) is 8.20. The van der Waals surface area contributed by atoms with E-state index >= 15 is 0 Å². The van der Waals surface area contributed by atoms with Gasteiger partial charge >= 0.3 is 5.97 Å². The van der Waals surface area contributed by atoms with Crippen molar-refractivity contribution in [2.24, 2.45) is 7.05 Å². The van der Waals surface area contributed by atoms with E-state index in [-0.39, 0.29) is 36.6 Å². The number of carboxylic acid groups (broad SMARTS) is 1. The molecule has 3 rings (SSSR count). The summed E-state index contributed by atoms with van der Waals surface area (Å²) < 4.78 is 7.93. The number of aryl methyl sites for hydroxylation is 2. The highest BCUT2D eigenvalue weighted by Gasteiger charge is 2.20. The largest absolute Gasteiger partial charge is 0.481 e. The molecule has 0 saturated carbocycles. The second-order valence-corrected chi connectivity index (χ2v) is 5.89. The van der Waals surface area contributed by atoms with Crippen molar-refractivity contribution in [2.75, 3.05) is 5.32 Å². The first-order valence-electron chi connectivity index (χ1n) is 8.33. The smallest absolute Gasteiger partial charge is 0.305 e. The summed E-state index contributed by atoms with van der Waals surface area (Å²) in [6, 6.07) is 4.90. The van der Waals surface area contributed by atoms with E-state index in [0.29, 0.717) is 5.76 Å². The molecule has 0 bridgehead atoms. The minimum atomic E-state index is -0.956. The van der Waals surface area contributed by atoms with Crippen LogP contribution in [-0.2, 0) is 24.9 Å². The van der Waals surface area contributed by atoms with Gasteiger partial charge in [0, 0.05) is 19.4 Å². The monoisotopic (exact) mass is 386 g/mol. The summed E-state index contributed by atoms with van der Waals surface area (Å²) in [5, 5.41) is 22.1. The Morgan fingerprint density at radius 3 is 2.75 bits per heavy atom. The number of rotatable bonds is 8. The van der Waals surface area contributed by atoms with Crippen molar-refractivity contribution in [3.63, 3.8) is 0 Å². The molecule has 3 N–H and O–H groups in total. The molecule has 0 aromatic carbocycles. The molecule has 11 heteroatoms. The molecule has 0 radical (unpaired) electrons. The minimum Gasteiger partial charge on any atom is -0.481 e. The molecule has 0 atom stereocenters. The maximum Gasteiger partial charge on any atom is 0.305 e. The first-order chi connectivity index (χ1) is 13.4. The molecule has 146 valence electrons. The van der Waals surface area contributed by atoms with Crippen molar-refractivity contribution in [3.05, 3.63) is 54.0 Å². The zero-order valence-corrected chi connectivity index (χ0v) is 15.0. The number of anilines is 1. The van der Waals surface area contributed by atoms with Gasteiger partial charge in [-0.15, -0.1) is 0 Å². The number of furan rings is 1. The van der Waals surface area contributed by atoms with E-state index in [2.05, 4.69) is 20.8 Å². The second-order valence-electron chi connectivity index (χ2n) is 5.89. The zero-order valence-electron chi connectivity index (χ0n) is 15.0. The molecule has 0 unspecified atom stereocenters. The number of carboxylic acids is 1. The average molecular weight is 386 g/mol. The summed E-state index contributed by atoms with van der Waals surface area (Å²) >= 11 is 0. The molecule has 0 aliphatic rings. The number of aromatic nitrogens is 4. The van der Waals surface area contributed by atoms with Gasteiger partial charge in [-0.3, -0.25) is 23.7 Å². The van der Waals surface area contributed by atoms with Crippen molar-refractivity contribution < 1.29 is 23.9 Å². The van der Waals surface area contributed by atoms with E-state index in [1.165, 1.54) is 34.1 Å². The summed E-state index contributed by atoms with van der Waals surface area (Å²) in [4.78, 5) is 35.4. The van der Waals surface area contributed by atoms with Crippen LogP contribution in [0, 0.1) is 0 Å². The van der Waals surface area contributed by atoms with Gasteiger partial charge in [0.15, 0.2) is 11.4 Å². The number of amides is 2. The lowest BCUT2D eigenvalue weighted by molar-refractivity contribution is -0.137. The van der Waals surface area contributed by atoms with Gasteiger partial charge in [0.2, 0.25) is 0 Å². The number of carbonyl (C=O) groups is 3. The normalized spacial score (nSPS) is 10.6. The SMILES string of the molecule is Cn1cc(NC(=O)c2ccn(CCC(=O)O)n2)c(C(=O)NCc2ccco2)n1. The molecule has 0 aliphatic carbocycles. The quantitative estimate of drug-likeness (QED) is 0.521. The van der Waals surface area contributed by atoms with E-state index in [9.17, 15) is 14.4 Å². The van der Waals surface area contributed by atoms with Crippen molar-refractivity contribution in [1.29, 1.82) is 0 Å². The van der Waals surface area contributed by atoms with Crippen LogP contribution in [0.25, 0.3) is 0 Å². The molecule has 0 saturated heterocycles. The van der Waals surface area contributed by atoms with Crippen LogP contribution < -0.4 is 10.6 Å². The average Bonchev–Trinajstić information content (AvgIpc) is 3.39. The van der Waals surface area contributed by atoms with E-state index in [1.54, 1.807) is 19.2 Å². The highest BCUT2D eigenvalue weighted by molar-refractivity contribution is 6.07. The summed E-state index contributed by atoms with van der Waals surface area (Å²) in [6.07, 6.45) is 4.41.